The van der Waals surface area contributed by atoms with E-state index < -0.39 is 0 Å². The van der Waals surface area contributed by atoms with Crippen LogP contribution >= 0.6 is 0 Å². The Labute approximate surface area is 101 Å². The largest absolute Gasteiger partial charge is 0.466 e. The fourth-order valence-corrected chi connectivity index (χ4v) is 1.61. The van der Waals surface area contributed by atoms with Crippen LogP contribution in [0.5, 0.6) is 0 Å². The Morgan fingerprint density at radius 3 is 2.44 bits per heavy atom. The summed E-state index contributed by atoms with van der Waals surface area (Å²) in [5.41, 5.74) is 0. The van der Waals surface area contributed by atoms with Gasteiger partial charge in [-0.1, -0.05) is 52.9 Å². The Morgan fingerprint density at radius 1 is 1.06 bits per heavy atom. The van der Waals surface area contributed by atoms with E-state index in [4.69, 9.17) is 4.74 Å². The van der Waals surface area contributed by atoms with Crippen LogP contribution in [0.4, 0.5) is 0 Å². The lowest BCUT2D eigenvalue weighted by atomic mass is 10.1. The molecule has 0 saturated carbocycles. The number of ether oxygens (including phenoxy) is 1. The summed E-state index contributed by atoms with van der Waals surface area (Å²) in [4.78, 5) is 11.3. The van der Waals surface area contributed by atoms with Gasteiger partial charge in [-0.15, -0.1) is 0 Å². The SMILES string of the molecule is CCCCCCOC(=O)CCCCC(C)C. The Morgan fingerprint density at radius 2 is 1.81 bits per heavy atom. The minimum atomic E-state index is -0.0137. The fourth-order valence-electron chi connectivity index (χ4n) is 1.61. The number of rotatable bonds is 10. The molecule has 0 aromatic heterocycles. The zero-order chi connectivity index (χ0) is 12.2. The van der Waals surface area contributed by atoms with E-state index in [-0.39, 0.29) is 5.97 Å². The second-order valence-corrected chi connectivity index (χ2v) is 4.92. The lowest BCUT2D eigenvalue weighted by Gasteiger charge is -2.05. The molecule has 0 amide bonds. The highest BCUT2D eigenvalue weighted by molar-refractivity contribution is 5.69. The van der Waals surface area contributed by atoms with Crippen molar-refractivity contribution < 1.29 is 9.53 Å². The summed E-state index contributed by atoms with van der Waals surface area (Å²) in [7, 11) is 0. The molecule has 0 bridgehead atoms. The first-order valence-corrected chi connectivity index (χ1v) is 6.82. The maximum atomic E-state index is 11.3. The van der Waals surface area contributed by atoms with Crippen LogP contribution in [0, 0.1) is 5.92 Å². The average Bonchev–Trinajstić information content (AvgIpc) is 2.24. The Bertz CT molecular complexity index is 164. The third kappa shape index (κ3) is 11.5. The summed E-state index contributed by atoms with van der Waals surface area (Å²) in [5, 5.41) is 0. The minimum Gasteiger partial charge on any atom is -0.466 e. The van der Waals surface area contributed by atoms with Gasteiger partial charge in [0.05, 0.1) is 6.61 Å². The van der Waals surface area contributed by atoms with E-state index in [0.29, 0.717) is 13.0 Å². The molecule has 0 fully saturated rings. The molecule has 0 aromatic carbocycles. The molecule has 0 rings (SSSR count). The van der Waals surface area contributed by atoms with Gasteiger partial charge < -0.3 is 4.74 Å². The molecule has 2 heteroatoms. The van der Waals surface area contributed by atoms with Crippen molar-refractivity contribution in [1.82, 2.24) is 0 Å². The molecule has 0 unspecified atom stereocenters. The van der Waals surface area contributed by atoms with Gasteiger partial charge in [-0.05, 0) is 18.8 Å². The van der Waals surface area contributed by atoms with Crippen molar-refractivity contribution >= 4 is 5.97 Å². The molecule has 0 aliphatic heterocycles. The fraction of sp³-hybridized carbons (Fsp3) is 0.929. The van der Waals surface area contributed by atoms with Crippen LogP contribution in [0.15, 0.2) is 0 Å². The molecule has 2 nitrogen and oxygen atoms in total. The number of esters is 1. The predicted octanol–water partition coefficient (Wildman–Crippen LogP) is 4.33. The Kier molecular flexibility index (Phi) is 10.6. The second kappa shape index (κ2) is 11.0. The highest BCUT2D eigenvalue weighted by atomic mass is 16.5. The molecular weight excluding hydrogens is 200 g/mol. The van der Waals surface area contributed by atoms with Crippen molar-refractivity contribution in [2.45, 2.75) is 72.1 Å². The first-order chi connectivity index (χ1) is 7.66. The summed E-state index contributed by atoms with van der Waals surface area (Å²) >= 11 is 0. The predicted molar refractivity (Wildman–Crippen MR) is 68.4 cm³/mol. The van der Waals surface area contributed by atoms with Gasteiger partial charge >= 0.3 is 5.97 Å². The molecule has 0 atom stereocenters. The molecule has 0 radical (unpaired) electrons. The van der Waals surface area contributed by atoms with Crippen LogP contribution in [0.1, 0.15) is 72.1 Å². The highest BCUT2D eigenvalue weighted by Crippen LogP contribution is 2.08. The van der Waals surface area contributed by atoms with Crippen LogP contribution in [-0.2, 0) is 9.53 Å². The molecule has 0 saturated heterocycles. The van der Waals surface area contributed by atoms with Crippen molar-refractivity contribution in [3.8, 4) is 0 Å². The molecular formula is C14H28O2. The van der Waals surface area contributed by atoms with Crippen molar-refractivity contribution in [3.63, 3.8) is 0 Å². The monoisotopic (exact) mass is 228 g/mol. The lowest BCUT2D eigenvalue weighted by molar-refractivity contribution is -0.143. The van der Waals surface area contributed by atoms with Crippen molar-refractivity contribution in [1.29, 1.82) is 0 Å². The Hall–Kier alpha value is -0.530. The lowest BCUT2D eigenvalue weighted by Crippen LogP contribution is -2.05. The van der Waals surface area contributed by atoms with E-state index in [1.54, 1.807) is 0 Å². The molecule has 0 heterocycles. The van der Waals surface area contributed by atoms with Gasteiger partial charge in [0.15, 0.2) is 0 Å². The summed E-state index contributed by atoms with van der Waals surface area (Å²) < 4.78 is 5.16. The third-order valence-electron chi connectivity index (χ3n) is 2.67. The summed E-state index contributed by atoms with van der Waals surface area (Å²) in [6, 6.07) is 0. The van der Waals surface area contributed by atoms with E-state index >= 15 is 0 Å². The quantitative estimate of drug-likeness (QED) is 0.411. The van der Waals surface area contributed by atoms with Gasteiger partial charge in [-0.25, -0.2) is 0 Å². The first-order valence-electron chi connectivity index (χ1n) is 6.82. The van der Waals surface area contributed by atoms with Gasteiger partial charge in [-0.2, -0.15) is 0 Å². The van der Waals surface area contributed by atoms with Gasteiger partial charge in [0, 0.05) is 6.42 Å². The molecule has 0 aliphatic rings. The zero-order valence-electron chi connectivity index (χ0n) is 11.3. The molecule has 16 heavy (non-hydrogen) atoms. The number of hydrogen-bond acceptors (Lipinski definition) is 2. The van der Waals surface area contributed by atoms with Crippen LogP contribution < -0.4 is 0 Å². The third-order valence-corrected chi connectivity index (χ3v) is 2.67. The standard InChI is InChI=1S/C14H28O2/c1-4-5-6-9-12-16-14(15)11-8-7-10-13(2)3/h13H,4-12H2,1-3H3. The molecule has 0 N–H and O–H groups in total. The normalized spacial score (nSPS) is 10.8. The number of unbranched alkanes of at least 4 members (excludes halogenated alkanes) is 4. The van der Waals surface area contributed by atoms with E-state index in [2.05, 4.69) is 20.8 Å². The maximum Gasteiger partial charge on any atom is 0.305 e. The summed E-state index contributed by atoms with van der Waals surface area (Å²) in [6.07, 6.45) is 8.59. The van der Waals surface area contributed by atoms with Crippen molar-refractivity contribution in [2.75, 3.05) is 6.61 Å². The first kappa shape index (κ1) is 15.5. The van der Waals surface area contributed by atoms with E-state index in [1.165, 1.54) is 25.7 Å². The highest BCUT2D eigenvalue weighted by Gasteiger charge is 2.02. The van der Waals surface area contributed by atoms with Gasteiger partial charge in [-0.3, -0.25) is 4.79 Å². The average molecular weight is 228 g/mol. The van der Waals surface area contributed by atoms with Crippen molar-refractivity contribution in [2.24, 2.45) is 5.92 Å². The molecule has 0 aromatic rings. The topological polar surface area (TPSA) is 26.3 Å². The Balaban J connectivity index is 3.18. The van der Waals surface area contributed by atoms with Crippen LogP contribution in [0.2, 0.25) is 0 Å². The van der Waals surface area contributed by atoms with Crippen LogP contribution in [-0.4, -0.2) is 12.6 Å². The van der Waals surface area contributed by atoms with Crippen molar-refractivity contribution in [3.05, 3.63) is 0 Å². The zero-order valence-corrected chi connectivity index (χ0v) is 11.3. The number of carbonyl (C=O) groups excluding carboxylic acids is 1. The molecule has 96 valence electrons. The minimum absolute atomic E-state index is 0.0137. The molecule has 0 spiro atoms. The maximum absolute atomic E-state index is 11.3. The number of carbonyl (C=O) groups is 1. The van der Waals surface area contributed by atoms with E-state index in [9.17, 15) is 4.79 Å². The van der Waals surface area contributed by atoms with Gasteiger partial charge in [0.25, 0.3) is 0 Å². The molecule has 0 aliphatic carbocycles. The summed E-state index contributed by atoms with van der Waals surface area (Å²) in [5.74, 6) is 0.727. The van der Waals surface area contributed by atoms with Gasteiger partial charge in [0.2, 0.25) is 0 Å². The van der Waals surface area contributed by atoms with Crippen LogP contribution in [0.3, 0.4) is 0 Å². The number of hydrogen-bond donors (Lipinski definition) is 0. The van der Waals surface area contributed by atoms with E-state index in [0.717, 1.165) is 25.2 Å². The van der Waals surface area contributed by atoms with E-state index in [1.807, 2.05) is 0 Å². The summed E-state index contributed by atoms with van der Waals surface area (Å²) in [6.45, 7) is 7.22. The van der Waals surface area contributed by atoms with Crippen LogP contribution in [0.25, 0.3) is 0 Å². The smallest absolute Gasteiger partial charge is 0.305 e. The second-order valence-electron chi connectivity index (χ2n) is 4.92. The van der Waals surface area contributed by atoms with Gasteiger partial charge in [0.1, 0.15) is 0 Å².